The summed E-state index contributed by atoms with van der Waals surface area (Å²) in [6.07, 6.45) is 8.07. The number of amides is 2. The number of likely N-dealkylation sites (tertiary alicyclic amines) is 1. The quantitative estimate of drug-likeness (QED) is 0.799. The molecular weight excluding hydrogens is 320 g/mol. The number of likely N-dealkylation sites (N-methyl/N-ethyl adjacent to an activating group) is 1. The molecule has 25 heavy (non-hydrogen) atoms. The van der Waals surface area contributed by atoms with Crippen molar-refractivity contribution < 1.29 is 9.59 Å². The van der Waals surface area contributed by atoms with Crippen molar-refractivity contribution in [1.82, 2.24) is 29.1 Å². The molecule has 2 aromatic heterocycles. The Balaban J connectivity index is 1.76. The van der Waals surface area contributed by atoms with E-state index in [-0.39, 0.29) is 23.8 Å². The van der Waals surface area contributed by atoms with Crippen molar-refractivity contribution in [2.45, 2.75) is 25.4 Å². The van der Waals surface area contributed by atoms with Crippen LogP contribution in [-0.2, 0) is 23.2 Å². The Morgan fingerprint density at radius 2 is 2.12 bits per heavy atom. The molecule has 0 saturated carbocycles. The lowest BCUT2D eigenvalue weighted by atomic mass is 9.87. The van der Waals surface area contributed by atoms with Crippen molar-refractivity contribution >= 4 is 11.8 Å². The highest BCUT2D eigenvalue weighted by atomic mass is 16.2. The molecule has 0 spiro atoms. The molecule has 1 fully saturated rings. The smallest absolute Gasteiger partial charge is 0.228 e. The summed E-state index contributed by atoms with van der Waals surface area (Å²) in [5, 5.41) is 4.16. The van der Waals surface area contributed by atoms with Gasteiger partial charge in [-0.1, -0.05) is 0 Å². The average molecular weight is 344 g/mol. The van der Waals surface area contributed by atoms with Crippen LogP contribution in [0.2, 0.25) is 0 Å². The van der Waals surface area contributed by atoms with Gasteiger partial charge in [-0.05, 0) is 12.5 Å². The van der Waals surface area contributed by atoms with Crippen LogP contribution in [0.25, 0.3) is 0 Å². The Hall–Kier alpha value is -2.64. The van der Waals surface area contributed by atoms with Crippen LogP contribution in [0.15, 0.2) is 30.9 Å². The largest absolute Gasteiger partial charge is 0.344 e. The van der Waals surface area contributed by atoms with Gasteiger partial charge in [-0.25, -0.2) is 4.98 Å². The number of aromatic nitrogens is 4. The SMILES string of the molecule is CN(CCn1cccn1)C(=O)[C@H]1CCC(=O)N(C)[C@@H]1c1nccn1C. The van der Waals surface area contributed by atoms with Gasteiger partial charge in [0.15, 0.2) is 0 Å². The maximum absolute atomic E-state index is 13.0. The van der Waals surface area contributed by atoms with Gasteiger partial charge in [-0.15, -0.1) is 0 Å². The van der Waals surface area contributed by atoms with Gasteiger partial charge < -0.3 is 14.4 Å². The highest BCUT2D eigenvalue weighted by molar-refractivity contribution is 5.84. The average Bonchev–Trinajstić information content (AvgIpc) is 3.26. The van der Waals surface area contributed by atoms with Gasteiger partial charge in [-0.3, -0.25) is 14.3 Å². The van der Waals surface area contributed by atoms with E-state index >= 15 is 0 Å². The van der Waals surface area contributed by atoms with Crippen molar-refractivity contribution in [2.24, 2.45) is 13.0 Å². The van der Waals surface area contributed by atoms with Crippen LogP contribution in [0.3, 0.4) is 0 Å². The molecule has 1 aliphatic heterocycles. The van der Waals surface area contributed by atoms with Crippen LogP contribution in [0.4, 0.5) is 0 Å². The van der Waals surface area contributed by atoms with Crippen LogP contribution < -0.4 is 0 Å². The fourth-order valence-corrected chi connectivity index (χ4v) is 3.39. The van der Waals surface area contributed by atoms with Crippen LogP contribution in [-0.4, -0.2) is 61.6 Å². The highest BCUT2D eigenvalue weighted by Crippen LogP contribution is 2.35. The number of carbonyl (C=O) groups is 2. The van der Waals surface area contributed by atoms with E-state index in [0.29, 0.717) is 25.9 Å². The molecule has 0 bridgehead atoms. The zero-order chi connectivity index (χ0) is 18.0. The number of nitrogens with zero attached hydrogens (tertiary/aromatic N) is 6. The third-order valence-electron chi connectivity index (χ3n) is 4.90. The van der Waals surface area contributed by atoms with E-state index in [4.69, 9.17) is 0 Å². The van der Waals surface area contributed by atoms with Crippen molar-refractivity contribution in [3.05, 3.63) is 36.7 Å². The third kappa shape index (κ3) is 3.42. The van der Waals surface area contributed by atoms with E-state index in [1.54, 1.807) is 41.0 Å². The van der Waals surface area contributed by atoms with Gasteiger partial charge in [0.2, 0.25) is 11.8 Å². The van der Waals surface area contributed by atoms with Crippen LogP contribution in [0.5, 0.6) is 0 Å². The van der Waals surface area contributed by atoms with Gasteiger partial charge in [0.05, 0.1) is 12.5 Å². The lowest BCUT2D eigenvalue weighted by Crippen LogP contribution is -2.48. The first-order valence-electron chi connectivity index (χ1n) is 8.44. The molecule has 134 valence electrons. The Morgan fingerprint density at radius 3 is 2.76 bits per heavy atom. The lowest BCUT2D eigenvalue weighted by Gasteiger charge is -2.39. The molecule has 2 amide bonds. The van der Waals surface area contributed by atoms with E-state index in [2.05, 4.69) is 10.1 Å². The fraction of sp³-hybridized carbons (Fsp3) is 0.529. The normalized spacial score (nSPS) is 20.8. The molecule has 0 aliphatic carbocycles. The summed E-state index contributed by atoms with van der Waals surface area (Å²) in [4.78, 5) is 33.0. The first kappa shape index (κ1) is 17.2. The number of piperidine rings is 1. The highest BCUT2D eigenvalue weighted by Gasteiger charge is 2.41. The first-order chi connectivity index (χ1) is 12.0. The molecule has 0 unspecified atom stereocenters. The zero-order valence-electron chi connectivity index (χ0n) is 14.9. The summed E-state index contributed by atoms with van der Waals surface area (Å²) in [5.41, 5.74) is 0. The summed E-state index contributed by atoms with van der Waals surface area (Å²) in [5.74, 6) is 0.552. The monoisotopic (exact) mass is 344 g/mol. The summed E-state index contributed by atoms with van der Waals surface area (Å²) >= 11 is 0. The van der Waals surface area contributed by atoms with Crippen molar-refractivity contribution in [2.75, 3.05) is 20.6 Å². The molecule has 3 rings (SSSR count). The van der Waals surface area contributed by atoms with Crippen LogP contribution in [0.1, 0.15) is 24.7 Å². The third-order valence-corrected chi connectivity index (χ3v) is 4.90. The van der Waals surface area contributed by atoms with Crippen LogP contribution in [0, 0.1) is 5.92 Å². The maximum Gasteiger partial charge on any atom is 0.228 e. The standard InChI is InChI=1S/C17H24N6O2/c1-20-10-8-18-16(20)15-13(5-6-14(24)22(15)3)17(25)21(2)11-12-23-9-4-7-19-23/h4,7-10,13,15H,5-6,11-12H2,1-3H3/t13-,15-/m0/s1. The zero-order valence-corrected chi connectivity index (χ0v) is 14.9. The number of rotatable bonds is 5. The molecule has 0 N–H and O–H groups in total. The number of aryl methyl sites for hydroxylation is 1. The number of imidazole rings is 1. The number of carbonyl (C=O) groups excluding carboxylic acids is 2. The van der Waals surface area contributed by atoms with E-state index in [1.165, 1.54) is 0 Å². The minimum absolute atomic E-state index is 0.0412. The Morgan fingerprint density at radius 1 is 1.32 bits per heavy atom. The topological polar surface area (TPSA) is 76.3 Å². The maximum atomic E-state index is 13.0. The fourth-order valence-electron chi connectivity index (χ4n) is 3.39. The molecule has 2 atom stereocenters. The van der Waals surface area contributed by atoms with Crippen molar-refractivity contribution in [3.63, 3.8) is 0 Å². The summed E-state index contributed by atoms with van der Waals surface area (Å²) in [6.45, 7) is 1.21. The van der Waals surface area contributed by atoms with E-state index in [0.717, 1.165) is 5.82 Å². The second-order valence-electron chi connectivity index (χ2n) is 6.52. The second-order valence-corrected chi connectivity index (χ2v) is 6.52. The van der Waals surface area contributed by atoms with Gasteiger partial charge in [0, 0.05) is 58.9 Å². The number of hydrogen-bond donors (Lipinski definition) is 0. The van der Waals surface area contributed by atoms with Crippen molar-refractivity contribution in [3.8, 4) is 0 Å². The van der Waals surface area contributed by atoms with Gasteiger partial charge >= 0.3 is 0 Å². The minimum Gasteiger partial charge on any atom is -0.344 e. The van der Waals surface area contributed by atoms with E-state index in [1.807, 2.05) is 30.1 Å². The van der Waals surface area contributed by atoms with Gasteiger partial charge in [-0.2, -0.15) is 5.10 Å². The van der Waals surface area contributed by atoms with Gasteiger partial charge in [0.1, 0.15) is 11.9 Å². The van der Waals surface area contributed by atoms with E-state index in [9.17, 15) is 9.59 Å². The van der Waals surface area contributed by atoms with Gasteiger partial charge in [0.25, 0.3) is 0 Å². The molecule has 0 aromatic carbocycles. The molecule has 8 heteroatoms. The number of hydrogen-bond acceptors (Lipinski definition) is 4. The molecule has 0 radical (unpaired) electrons. The Labute approximate surface area is 147 Å². The summed E-state index contributed by atoms with van der Waals surface area (Å²) in [6, 6.07) is 1.53. The summed E-state index contributed by atoms with van der Waals surface area (Å²) < 4.78 is 3.68. The Kier molecular flexibility index (Phi) is 4.87. The molecule has 1 saturated heterocycles. The first-order valence-corrected chi connectivity index (χ1v) is 8.44. The van der Waals surface area contributed by atoms with E-state index < -0.39 is 0 Å². The predicted molar refractivity (Wildman–Crippen MR) is 91.3 cm³/mol. The predicted octanol–water partition coefficient (Wildman–Crippen LogP) is 0.685. The molecule has 2 aromatic rings. The van der Waals surface area contributed by atoms with Crippen LogP contribution >= 0.6 is 0 Å². The summed E-state index contributed by atoms with van der Waals surface area (Å²) in [7, 11) is 5.45. The minimum atomic E-state index is -0.332. The molecule has 8 nitrogen and oxygen atoms in total. The molecule has 1 aliphatic rings. The lowest BCUT2D eigenvalue weighted by molar-refractivity contribution is -0.146. The van der Waals surface area contributed by atoms with Crippen molar-refractivity contribution in [1.29, 1.82) is 0 Å². The molecule has 3 heterocycles. The second kappa shape index (κ2) is 7.08. The molecular formula is C17H24N6O2. The Bertz CT molecular complexity index is 738.